The topological polar surface area (TPSA) is 43.7 Å². The average Bonchev–Trinajstić information content (AvgIpc) is 2.30. The number of hydrogen-bond donors (Lipinski definition) is 2. The van der Waals surface area contributed by atoms with E-state index in [0.29, 0.717) is 13.1 Å². The van der Waals surface area contributed by atoms with Gasteiger partial charge < -0.3 is 10.2 Å². The highest BCUT2D eigenvalue weighted by atomic mass is 16.3. The van der Waals surface area contributed by atoms with Crippen molar-refractivity contribution in [1.29, 1.82) is 0 Å². The minimum Gasteiger partial charge on any atom is -0.395 e. The molecule has 0 aliphatic rings. The second kappa shape index (κ2) is 7.17. The molecule has 0 heterocycles. The number of rotatable bonds is 7. The van der Waals surface area contributed by atoms with Crippen LogP contribution in [0, 0.1) is 0 Å². The Bertz CT molecular complexity index is 319. The number of aliphatic hydroxyl groups excluding tert-OH is 2. The van der Waals surface area contributed by atoms with Gasteiger partial charge in [0.15, 0.2) is 0 Å². The zero-order valence-corrected chi connectivity index (χ0v) is 9.47. The molecule has 0 fully saturated rings. The van der Waals surface area contributed by atoms with Crippen molar-refractivity contribution in [3.05, 3.63) is 42.0 Å². The van der Waals surface area contributed by atoms with Crippen LogP contribution in [0.1, 0.15) is 11.1 Å². The Kier molecular flexibility index (Phi) is 5.78. The van der Waals surface area contributed by atoms with E-state index in [1.165, 1.54) is 5.56 Å². The van der Waals surface area contributed by atoms with E-state index >= 15 is 0 Å². The van der Waals surface area contributed by atoms with Crippen molar-refractivity contribution in [2.75, 3.05) is 26.3 Å². The summed E-state index contributed by atoms with van der Waals surface area (Å²) < 4.78 is 0. The van der Waals surface area contributed by atoms with Crippen molar-refractivity contribution < 1.29 is 10.2 Å². The average molecular weight is 221 g/mol. The van der Waals surface area contributed by atoms with Crippen LogP contribution in [-0.2, 0) is 6.54 Å². The zero-order valence-electron chi connectivity index (χ0n) is 9.47. The summed E-state index contributed by atoms with van der Waals surface area (Å²) in [5.74, 6) is 0. The monoisotopic (exact) mass is 221 g/mol. The Morgan fingerprint density at radius 2 is 1.88 bits per heavy atom. The largest absolute Gasteiger partial charge is 0.395 e. The molecular weight excluding hydrogens is 202 g/mol. The summed E-state index contributed by atoms with van der Waals surface area (Å²) >= 11 is 0. The molecule has 0 unspecified atom stereocenters. The molecule has 0 radical (unpaired) electrons. The summed E-state index contributed by atoms with van der Waals surface area (Å²) in [6.45, 7) is 5.86. The fourth-order valence-corrected chi connectivity index (χ4v) is 1.63. The van der Waals surface area contributed by atoms with Crippen LogP contribution in [0.25, 0.3) is 6.08 Å². The molecule has 0 spiro atoms. The van der Waals surface area contributed by atoms with Crippen LogP contribution in [0.5, 0.6) is 0 Å². The van der Waals surface area contributed by atoms with Crippen LogP contribution < -0.4 is 0 Å². The summed E-state index contributed by atoms with van der Waals surface area (Å²) in [7, 11) is 0. The van der Waals surface area contributed by atoms with Crippen molar-refractivity contribution in [2.24, 2.45) is 0 Å². The highest BCUT2D eigenvalue weighted by Crippen LogP contribution is 2.09. The van der Waals surface area contributed by atoms with E-state index in [0.717, 1.165) is 12.1 Å². The first-order valence-corrected chi connectivity index (χ1v) is 5.45. The van der Waals surface area contributed by atoms with Crippen molar-refractivity contribution >= 4 is 6.08 Å². The molecule has 0 aromatic heterocycles. The first kappa shape index (κ1) is 12.9. The minimum absolute atomic E-state index is 0.112. The van der Waals surface area contributed by atoms with Crippen LogP contribution in [0.4, 0.5) is 0 Å². The summed E-state index contributed by atoms with van der Waals surface area (Å²) in [4.78, 5) is 2.02. The molecule has 0 amide bonds. The van der Waals surface area contributed by atoms with E-state index in [1.54, 1.807) is 0 Å². The van der Waals surface area contributed by atoms with Crippen LogP contribution in [0.3, 0.4) is 0 Å². The van der Waals surface area contributed by atoms with Crippen LogP contribution >= 0.6 is 0 Å². The molecule has 1 aromatic carbocycles. The molecule has 0 aliphatic carbocycles. The molecule has 0 saturated heterocycles. The molecule has 3 heteroatoms. The molecule has 0 atom stereocenters. The summed E-state index contributed by atoms with van der Waals surface area (Å²) in [5.41, 5.74) is 2.25. The molecule has 2 N–H and O–H groups in total. The Balaban J connectivity index is 2.64. The molecule has 3 nitrogen and oxygen atoms in total. The molecular formula is C13H19NO2. The molecule has 88 valence electrons. The van der Waals surface area contributed by atoms with Gasteiger partial charge in [-0.3, -0.25) is 4.90 Å². The van der Waals surface area contributed by atoms with E-state index in [1.807, 2.05) is 29.2 Å². The van der Waals surface area contributed by atoms with Gasteiger partial charge in [-0.25, -0.2) is 0 Å². The van der Waals surface area contributed by atoms with Crippen LogP contribution in [-0.4, -0.2) is 41.4 Å². The Labute approximate surface area is 96.6 Å². The van der Waals surface area contributed by atoms with Crippen LogP contribution in [0.2, 0.25) is 0 Å². The predicted octanol–water partition coefficient (Wildman–Crippen LogP) is 1.12. The van der Waals surface area contributed by atoms with E-state index < -0.39 is 0 Å². The third kappa shape index (κ3) is 4.14. The standard InChI is InChI=1S/C13H19NO2/c1-2-12-4-3-5-13(10-12)11-14(6-8-15)7-9-16/h2-5,10,15-16H,1,6-9,11H2. The fourth-order valence-electron chi connectivity index (χ4n) is 1.63. The second-order valence-electron chi connectivity index (χ2n) is 3.67. The maximum atomic E-state index is 8.90. The number of nitrogens with zero attached hydrogens (tertiary/aromatic N) is 1. The maximum absolute atomic E-state index is 8.90. The molecule has 1 rings (SSSR count). The van der Waals surface area contributed by atoms with Crippen molar-refractivity contribution in [1.82, 2.24) is 4.90 Å². The van der Waals surface area contributed by atoms with Crippen molar-refractivity contribution in [3.63, 3.8) is 0 Å². The zero-order chi connectivity index (χ0) is 11.8. The van der Waals surface area contributed by atoms with Gasteiger partial charge in [-0.1, -0.05) is 36.9 Å². The Hall–Kier alpha value is -1.16. The van der Waals surface area contributed by atoms with Gasteiger partial charge in [0, 0.05) is 19.6 Å². The smallest absolute Gasteiger partial charge is 0.0558 e. The second-order valence-corrected chi connectivity index (χ2v) is 3.67. The van der Waals surface area contributed by atoms with E-state index in [2.05, 4.69) is 12.6 Å². The lowest BCUT2D eigenvalue weighted by molar-refractivity contribution is 0.156. The van der Waals surface area contributed by atoms with Gasteiger partial charge >= 0.3 is 0 Å². The number of hydrogen-bond acceptors (Lipinski definition) is 3. The van der Waals surface area contributed by atoms with Crippen molar-refractivity contribution in [3.8, 4) is 0 Å². The third-order valence-electron chi connectivity index (χ3n) is 2.43. The minimum atomic E-state index is 0.112. The van der Waals surface area contributed by atoms with Gasteiger partial charge in [-0.15, -0.1) is 0 Å². The highest BCUT2D eigenvalue weighted by molar-refractivity contribution is 5.47. The molecule has 16 heavy (non-hydrogen) atoms. The molecule has 0 saturated carbocycles. The van der Waals surface area contributed by atoms with E-state index in [9.17, 15) is 0 Å². The molecule has 0 aliphatic heterocycles. The summed E-state index contributed by atoms with van der Waals surface area (Å²) in [6, 6.07) is 8.09. The first-order chi connectivity index (χ1) is 7.80. The predicted molar refractivity (Wildman–Crippen MR) is 66.0 cm³/mol. The van der Waals surface area contributed by atoms with Gasteiger partial charge in [0.2, 0.25) is 0 Å². The maximum Gasteiger partial charge on any atom is 0.0558 e. The highest BCUT2D eigenvalue weighted by Gasteiger charge is 2.04. The SMILES string of the molecule is C=Cc1cccc(CN(CCO)CCO)c1. The molecule has 1 aromatic rings. The fraction of sp³-hybridized carbons (Fsp3) is 0.385. The van der Waals surface area contributed by atoms with E-state index in [-0.39, 0.29) is 13.2 Å². The summed E-state index contributed by atoms with van der Waals surface area (Å²) in [6.07, 6.45) is 1.81. The molecule has 0 bridgehead atoms. The third-order valence-corrected chi connectivity index (χ3v) is 2.43. The lowest BCUT2D eigenvalue weighted by Crippen LogP contribution is -2.29. The van der Waals surface area contributed by atoms with Crippen LogP contribution in [0.15, 0.2) is 30.8 Å². The first-order valence-electron chi connectivity index (χ1n) is 5.45. The van der Waals surface area contributed by atoms with E-state index in [4.69, 9.17) is 10.2 Å². The Morgan fingerprint density at radius 1 is 1.19 bits per heavy atom. The van der Waals surface area contributed by atoms with Gasteiger partial charge in [0.25, 0.3) is 0 Å². The normalized spacial score (nSPS) is 10.7. The van der Waals surface area contributed by atoms with Gasteiger partial charge in [0.05, 0.1) is 13.2 Å². The van der Waals surface area contributed by atoms with Gasteiger partial charge in [0.1, 0.15) is 0 Å². The lowest BCUT2D eigenvalue weighted by Gasteiger charge is -2.20. The van der Waals surface area contributed by atoms with Gasteiger partial charge in [-0.2, -0.15) is 0 Å². The quantitative estimate of drug-likeness (QED) is 0.725. The lowest BCUT2D eigenvalue weighted by atomic mass is 10.1. The number of aliphatic hydroxyl groups is 2. The number of benzene rings is 1. The van der Waals surface area contributed by atoms with Gasteiger partial charge in [-0.05, 0) is 11.1 Å². The van der Waals surface area contributed by atoms with Crippen molar-refractivity contribution in [2.45, 2.75) is 6.54 Å². The summed E-state index contributed by atoms with van der Waals surface area (Å²) in [5, 5.41) is 17.8. The Morgan fingerprint density at radius 3 is 2.44 bits per heavy atom.